The number of aliphatic hydroxyl groups excluding tert-OH is 1. The number of carbonyl (C=O) groups is 2. The number of rotatable bonds is 5. The van der Waals surface area contributed by atoms with Gasteiger partial charge in [0.25, 0.3) is 0 Å². The number of ether oxygens (including phenoxy) is 2. The van der Waals surface area contributed by atoms with Gasteiger partial charge >= 0.3 is 11.9 Å². The molecule has 1 aromatic rings. The van der Waals surface area contributed by atoms with Crippen molar-refractivity contribution in [3.05, 3.63) is 35.9 Å². The van der Waals surface area contributed by atoms with E-state index in [1.54, 1.807) is 0 Å². The van der Waals surface area contributed by atoms with Gasteiger partial charge in [0.15, 0.2) is 5.60 Å². The molecule has 0 aromatic heterocycles. The molecule has 5 aliphatic carbocycles. The fourth-order valence-corrected chi connectivity index (χ4v) is 9.02. The Balaban J connectivity index is 1.45. The molecule has 0 spiro atoms. The molecule has 1 unspecified atom stereocenters. The highest BCUT2D eigenvalue weighted by molar-refractivity contribution is 5.93. The van der Waals surface area contributed by atoms with Crippen LogP contribution < -0.4 is 0 Å². The highest BCUT2D eigenvalue weighted by atomic mass is 16.6. The molecule has 5 saturated carbocycles. The number of hydrogen-bond donors (Lipinski definition) is 1. The summed E-state index contributed by atoms with van der Waals surface area (Å²) < 4.78 is 12.5. The minimum absolute atomic E-state index is 0.253. The second-order valence-corrected chi connectivity index (χ2v) is 12.6. The molecule has 7 rings (SSSR count). The van der Waals surface area contributed by atoms with Crippen molar-refractivity contribution in [3.8, 4) is 0 Å². The summed E-state index contributed by atoms with van der Waals surface area (Å²) in [5, 5.41) is 11.1. The Morgan fingerprint density at radius 3 is 2.06 bits per heavy atom. The van der Waals surface area contributed by atoms with Crippen LogP contribution in [0.1, 0.15) is 77.7 Å². The summed E-state index contributed by atoms with van der Waals surface area (Å²) in [5.74, 6) is 1.13. The molecule has 178 valence electrons. The Kier molecular flexibility index (Phi) is 4.34. The van der Waals surface area contributed by atoms with Gasteiger partial charge in [0, 0.05) is 10.8 Å². The van der Waals surface area contributed by atoms with Crippen LogP contribution in [0.2, 0.25) is 0 Å². The van der Waals surface area contributed by atoms with Crippen LogP contribution in [0.5, 0.6) is 0 Å². The monoisotopic (exact) mass is 452 g/mol. The lowest BCUT2D eigenvalue weighted by molar-refractivity contribution is -0.241. The van der Waals surface area contributed by atoms with Gasteiger partial charge in [0.2, 0.25) is 5.60 Å². The SMILES string of the molecule is CC1(C)[C@@]2(C)CC[C@]1(C(=O)OC(CO)(c1ccccc1)C13CC4CC(CC(C4)C1)C3)OC2=O. The van der Waals surface area contributed by atoms with Crippen molar-refractivity contribution in [2.75, 3.05) is 6.61 Å². The Hall–Kier alpha value is -1.88. The van der Waals surface area contributed by atoms with Crippen LogP contribution >= 0.6 is 0 Å². The molecule has 1 saturated heterocycles. The van der Waals surface area contributed by atoms with Crippen molar-refractivity contribution in [2.24, 2.45) is 34.0 Å². The van der Waals surface area contributed by atoms with Crippen LogP contribution in [-0.2, 0) is 24.7 Å². The van der Waals surface area contributed by atoms with Gasteiger partial charge in [-0.05, 0) is 81.6 Å². The van der Waals surface area contributed by atoms with E-state index in [1.807, 2.05) is 51.1 Å². The van der Waals surface area contributed by atoms with E-state index in [9.17, 15) is 14.7 Å². The maximum absolute atomic E-state index is 14.2. The van der Waals surface area contributed by atoms with E-state index in [-0.39, 0.29) is 18.0 Å². The molecule has 1 N–H and O–H groups in total. The Morgan fingerprint density at radius 2 is 1.61 bits per heavy atom. The maximum Gasteiger partial charge on any atom is 0.352 e. The first kappa shape index (κ1) is 21.6. The van der Waals surface area contributed by atoms with Gasteiger partial charge in [-0.1, -0.05) is 44.2 Å². The summed E-state index contributed by atoms with van der Waals surface area (Å²) in [6.45, 7) is 5.57. The molecular formula is C28H36O5. The third kappa shape index (κ3) is 2.47. The van der Waals surface area contributed by atoms with Gasteiger partial charge in [-0.15, -0.1) is 0 Å². The molecule has 0 amide bonds. The Labute approximate surface area is 196 Å². The topological polar surface area (TPSA) is 72.8 Å². The number of hydrogen-bond acceptors (Lipinski definition) is 5. The fraction of sp³-hybridized carbons (Fsp3) is 0.714. The second kappa shape index (κ2) is 6.62. The third-order valence-corrected chi connectivity index (χ3v) is 11.0. The van der Waals surface area contributed by atoms with Crippen LogP contribution in [0.4, 0.5) is 0 Å². The second-order valence-electron chi connectivity index (χ2n) is 12.6. The van der Waals surface area contributed by atoms with Crippen LogP contribution in [0.25, 0.3) is 0 Å². The van der Waals surface area contributed by atoms with Gasteiger partial charge in [0.1, 0.15) is 0 Å². The zero-order valence-electron chi connectivity index (χ0n) is 20.1. The lowest BCUT2D eigenvalue weighted by atomic mass is 9.44. The predicted molar refractivity (Wildman–Crippen MR) is 122 cm³/mol. The van der Waals surface area contributed by atoms with Gasteiger partial charge in [0.05, 0.1) is 12.0 Å². The van der Waals surface area contributed by atoms with Crippen LogP contribution in [0.15, 0.2) is 30.3 Å². The summed E-state index contributed by atoms with van der Waals surface area (Å²) >= 11 is 0. The summed E-state index contributed by atoms with van der Waals surface area (Å²) in [6.07, 6.45) is 7.81. The quantitative estimate of drug-likeness (QED) is 0.653. The number of benzene rings is 1. The minimum atomic E-state index is -1.30. The van der Waals surface area contributed by atoms with Crippen molar-refractivity contribution >= 4 is 11.9 Å². The summed E-state index contributed by atoms with van der Waals surface area (Å²) in [5.41, 5.74) is -3.20. The molecule has 6 aliphatic rings. The van der Waals surface area contributed by atoms with Crippen molar-refractivity contribution < 1.29 is 24.2 Å². The van der Waals surface area contributed by atoms with Crippen LogP contribution in [-0.4, -0.2) is 29.3 Å². The standard InChI is InChI=1S/C28H36O5/c1-24(2)25(3)9-10-27(24,32-22(25)30)23(31)33-28(17-29,21-7-5-4-6-8-21)26-14-18-11-19(15-26)13-20(12-18)16-26/h4-8,18-20,29H,9-17H2,1-3H3/t18?,19?,20?,25-,26?,27+,28?/m0/s1. The lowest BCUT2D eigenvalue weighted by Gasteiger charge is -2.62. The highest BCUT2D eigenvalue weighted by Crippen LogP contribution is 2.69. The van der Waals surface area contributed by atoms with Crippen molar-refractivity contribution in [1.82, 2.24) is 0 Å². The van der Waals surface area contributed by atoms with E-state index < -0.39 is 28.0 Å². The Bertz CT molecular complexity index is 964. The lowest BCUT2D eigenvalue weighted by Crippen LogP contribution is -2.62. The van der Waals surface area contributed by atoms with Gasteiger partial charge in [-0.3, -0.25) is 4.79 Å². The summed E-state index contributed by atoms with van der Waals surface area (Å²) in [4.78, 5) is 27.0. The van der Waals surface area contributed by atoms with E-state index >= 15 is 0 Å². The maximum atomic E-state index is 14.2. The van der Waals surface area contributed by atoms with E-state index in [2.05, 4.69) is 0 Å². The van der Waals surface area contributed by atoms with Gasteiger partial charge in [-0.25, -0.2) is 4.79 Å². The number of aliphatic hydroxyl groups is 1. The molecule has 33 heavy (non-hydrogen) atoms. The smallest absolute Gasteiger partial charge is 0.352 e. The van der Waals surface area contributed by atoms with Crippen molar-refractivity contribution in [1.29, 1.82) is 0 Å². The molecule has 3 atom stereocenters. The molecule has 1 aliphatic heterocycles. The van der Waals surface area contributed by atoms with E-state index in [0.29, 0.717) is 30.6 Å². The van der Waals surface area contributed by atoms with Crippen LogP contribution in [0, 0.1) is 34.0 Å². The molecule has 5 nitrogen and oxygen atoms in total. The third-order valence-electron chi connectivity index (χ3n) is 11.0. The molecule has 0 radical (unpaired) electrons. The van der Waals surface area contributed by atoms with Crippen LogP contribution in [0.3, 0.4) is 0 Å². The molecule has 1 heterocycles. The largest absolute Gasteiger partial charge is 0.448 e. The van der Waals surface area contributed by atoms with E-state index in [0.717, 1.165) is 24.8 Å². The molecular weight excluding hydrogens is 416 g/mol. The normalized spacial score (nSPS) is 43.9. The zero-order valence-corrected chi connectivity index (χ0v) is 20.1. The average Bonchev–Trinajstić information content (AvgIpc) is 3.07. The first-order chi connectivity index (χ1) is 15.6. The Morgan fingerprint density at radius 1 is 1.03 bits per heavy atom. The molecule has 6 fully saturated rings. The summed E-state index contributed by atoms with van der Waals surface area (Å²) in [6, 6.07) is 9.85. The van der Waals surface area contributed by atoms with Crippen molar-refractivity contribution in [3.63, 3.8) is 0 Å². The van der Waals surface area contributed by atoms with Crippen molar-refractivity contribution in [2.45, 2.75) is 83.3 Å². The molecule has 6 bridgehead atoms. The fourth-order valence-electron chi connectivity index (χ4n) is 9.02. The highest BCUT2D eigenvalue weighted by Gasteiger charge is 2.77. The van der Waals surface area contributed by atoms with Gasteiger partial charge < -0.3 is 14.6 Å². The first-order valence-electron chi connectivity index (χ1n) is 12.7. The van der Waals surface area contributed by atoms with E-state index in [4.69, 9.17) is 9.47 Å². The number of fused-ring (bicyclic) bond motifs is 2. The van der Waals surface area contributed by atoms with E-state index in [1.165, 1.54) is 19.3 Å². The number of esters is 2. The average molecular weight is 453 g/mol. The zero-order chi connectivity index (χ0) is 23.3. The molecule has 5 heteroatoms. The first-order valence-corrected chi connectivity index (χ1v) is 12.7. The minimum Gasteiger partial charge on any atom is -0.448 e. The number of carbonyl (C=O) groups excluding carboxylic acids is 2. The molecule has 1 aromatic carbocycles. The summed E-state index contributed by atoms with van der Waals surface area (Å²) in [7, 11) is 0. The van der Waals surface area contributed by atoms with Gasteiger partial charge in [-0.2, -0.15) is 0 Å². The predicted octanol–water partition coefficient (Wildman–Crippen LogP) is 4.76.